The Morgan fingerprint density at radius 2 is 1.68 bits per heavy atom. The fourth-order valence-electron chi connectivity index (χ4n) is 2.26. The van der Waals surface area contributed by atoms with Crippen molar-refractivity contribution in [1.82, 2.24) is 0 Å². The van der Waals surface area contributed by atoms with Crippen molar-refractivity contribution in [3.05, 3.63) is 70.8 Å². The van der Waals surface area contributed by atoms with Gasteiger partial charge in [-0.25, -0.2) is 0 Å². The van der Waals surface area contributed by atoms with Crippen LogP contribution in [0.3, 0.4) is 0 Å². The van der Waals surface area contributed by atoms with Gasteiger partial charge < -0.3 is 10.8 Å². The van der Waals surface area contributed by atoms with Crippen LogP contribution in [0.1, 0.15) is 26.3 Å². The molecule has 0 fully saturated rings. The van der Waals surface area contributed by atoms with Crippen LogP contribution in [0.25, 0.3) is 5.76 Å². The number of rotatable bonds is 3. The van der Waals surface area contributed by atoms with Crippen LogP contribution in [0.15, 0.2) is 59.1 Å². The lowest BCUT2D eigenvalue weighted by Gasteiger charge is -1.97. The van der Waals surface area contributed by atoms with Gasteiger partial charge >= 0.3 is 0 Å². The van der Waals surface area contributed by atoms with E-state index in [1.807, 2.05) is 0 Å². The minimum Gasteiger partial charge on any atom is -0.506 e. The molecule has 0 saturated carbocycles. The second-order valence-electron chi connectivity index (χ2n) is 4.81. The molecule has 1 aliphatic rings. The molecule has 0 spiro atoms. The van der Waals surface area contributed by atoms with Gasteiger partial charge in [-0.1, -0.05) is 24.3 Å². The Hall–Kier alpha value is -3.21. The zero-order valence-electron chi connectivity index (χ0n) is 11.5. The number of fused-ring (bicyclic) bond motifs is 1. The van der Waals surface area contributed by atoms with Crippen molar-refractivity contribution < 1.29 is 14.7 Å². The molecule has 1 amide bonds. The van der Waals surface area contributed by atoms with Crippen molar-refractivity contribution in [3.8, 4) is 0 Å². The summed E-state index contributed by atoms with van der Waals surface area (Å²) in [6.45, 7) is 0. The van der Waals surface area contributed by atoms with Gasteiger partial charge in [-0.05, 0) is 24.3 Å². The third kappa shape index (κ3) is 2.29. The molecule has 0 bridgehead atoms. The van der Waals surface area contributed by atoms with Gasteiger partial charge in [0.2, 0.25) is 5.91 Å². The summed E-state index contributed by atoms with van der Waals surface area (Å²) in [5.74, 6) is -0.846. The van der Waals surface area contributed by atoms with Gasteiger partial charge in [-0.3, -0.25) is 14.6 Å². The first-order valence-corrected chi connectivity index (χ1v) is 6.59. The number of nitrogens with zero attached hydrogens (tertiary/aromatic N) is 1. The third-order valence-electron chi connectivity index (χ3n) is 3.42. The van der Waals surface area contributed by atoms with Crippen molar-refractivity contribution in [2.75, 3.05) is 0 Å². The highest BCUT2D eigenvalue weighted by atomic mass is 16.3. The van der Waals surface area contributed by atoms with Crippen molar-refractivity contribution in [2.45, 2.75) is 0 Å². The fourth-order valence-corrected chi connectivity index (χ4v) is 2.26. The summed E-state index contributed by atoms with van der Waals surface area (Å²) in [6.07, 6.45) is 1.33. The van der Waals surface area contributed by atoms with Crippen LogP contribution in [-0.2, 0) is 0 Å². The second kappa shape index (κ2) is 5.29. The summed E-state index contributed by atoms with van der Waals surface area (Å²) in [5, 5.41) is 10.1. The molecule has 5 nitrogen and oxygen atoms in total. The molecule has 3 N–H and O–H groups in total. The maximum atomic E-state index is 12.2. The molecule has 1 aliphatic carbocycles. The summed E-state index contributed by atoms with van der Waals surface area (Å²) in [4.78, 5) is 27.3. The molecule has 5 heteroatoms. The van der Waals surface area contributed by atoms with Gasteiger partial charge in [0, 0.05) is 22.9 Å². The van der Waals surface area contributed by atoms with Crippen LogP contribution in [0, 0.1) is 0 Å². The number of nitrogens with two attached hydrogens (primary N) is 1. The number of hydrogen-bond donors (Lipinski definition) is 2. The van der Waals surface area contributed by atoms with Gasteiger partial charge in [-0.2, -0.15) is 0 Å². The SMILES string of the molecule is NC(=O)c1ccc(N=CC2=C(O)c3ccccc3C2=O)cc1. The number of amides is 1. The van der Waals surface area contributed by atoms with Crippen LogP contribution >= 0.6 is 0 Å². The minimum atomic E-state index is -0.516. The number of aliphatic hydroxyl groups excluding tert-OH is 1. The summed E-state index contributed by atoms with van der Waals surface area (Å²) < 4.78 is 0. The Balaban J connectivity index is 1.89. The number of Topliss-reactive ketones (excluding diaryl/α,β-unsaturated/α-hetero) is 1. The first-order chi connectivity index (χ1) is 10.6. The molecule has 3 rings (SSSR count). The van der Waals surface area contributed by atoms with Crippen LogP contribution in [-0.4, -0.2) is 23.0 Å². The van der Waals surface area contributed by atoms with E-state index >= 15 is 0 Å². The third-order valence-corrected chi connectivity index (χ3v) is 3.42. The zero-order chi connectivity index (χ0) is 15.7. The predicted molar refractivity (Wildman–Crippen MR) is 83.4 cm³/mol. The molecular weight excluding hydrogens is 280 g/mol. The standard InChI is InChI=1S/C17H12N2O3/c18-17(22)10-5-7-11(8-6-10)19-9-14-15(20)12-3-1-2-4-13(12)16(14)21/h1-9,20H,(H2,18,22). The number of primary amides is 1. The molecule has 0 heterocycles. The maximum absolute atomic E-state index is 12.2. The number of allylic oxidation sites excluding steroid dienone is 1. The first-order valence-electron chi connectivity index (χ1n) is 6.59. The Labute approximate surface area is 126 Å². The molecule has 0 atom stereocenters. The smallest absolute Gasteiger partial charge is 0.248 e. The number of carbonyl (C=O) groups excluding carboxylic acids is 2. The molecule has 0 saturated heterocycles. The lowest BCUT2D eigenvalue weighted by Crippen LogP contribution is -2.10. The average Bonchev–Trinajstić information content (AvgIpc) is 2.78. The van der Waals surface area contributed by atoms with Crippen molar-refractivity contribution in [3.63, 3.8) is 0 Å². The van der Waals surface area contributed by atoms with Crippen molar-refractivity contribution in [2.24, 2.45) is 10.7 Å². The molecule has 0 radical (unpaired) electrons. The zero-order valence-corrected chi connectivity index (χ0v) is 11.5. The van der Waals surface area contributed by atoms with Crippen LogP contribution in [0.5, 0.6) is 0 Å². The highest BCUT2D eigenvalue weighted by Crippen LogP contribution is 2.30. The number of benzene rings is 2. The molecule has 108 valence electrons. The van der Waals surface area contributed by atoms with Crippen LogP contribution in [0.2, 0.25) is 0 Å². The van der Waals surface area contributed by atoms with Gasteiger partial charge in [0.1, 0.15) is 5.76 Å². The summed E-state index contributed by atoms with van der Waals surface area (Å²) in [5.41, 5.74) is 7.22. The lowest BCUT2D eigenvalue weighted by atomic mass is 10.1. The van der Waals surface area contributed by atoms with E-state index in [1.165, 1.54) is 6.21 Å². The van der Waals surface area contributed by atoms with E-state index in [-0.39, 0.29) is 17.1 Å². The largest absolute Gasteiger partial charge is 0.506 e. The molecule has 22 heavy (non-hydrogen) atoms. The number of aliphatic imine (C=N–C) groups is 1. The van der Waals surface area contributed by atoms with Gasteiger partial charge in [0.05, 0.1) is 11.3 Å². The summed E-state index contributed by atoms with van der Waals surface area (Å²) in [6, 6.07) is 13.2. The quantitative estimate of drug-likeness (QED) is 0.852. The van der Waals surface area contributed by atoms with Crippen molar-refractivity contribution >= 4 is 29.4 Å². The van der Waals surface area contributed by atoms with E-state index in [2.05, 4.69) is 4.99 Å². The van der Waals surface area contributed by atoms with E-state index in [0.717, 1.165) is 0 Å². The van der Waals surface area contributed by atoms with E-state index in [0.29, 0.717) is 22.4 Å². The number of carbonyl (C=O) groups is 2. The normalized spacial score (nSPS) is 13.7. The van der Waals surface area contributed by atoms with Crippen molar-refractivity contribution in [1.29, 1.82) is 0 Å². The van der Waals surface area contributed by atoms with Gasteiger partial charge in [-0.15, -0.1) is 0 Å². The van der Waals surface area contributed by atoms with Crippen LogP contribution in [0.4, 0.5) is 5.69 Å². The summed E-state index contributed by atoms with van der Waals surface area (Å²) in [7, 11) is 0. The lowest BCUT2D eigenvalue weighted by molar-refractivity contribution is 0.0998. The first kappa shape index (κ1) is 13.8. The molecule has 0 aliphatic heterocycles. The highest BCUT2D eigenvalue weighted by Gasteiger charge is 2.27. The van der Waals surface area contributed by atoms with Crippen LogP contribution < -0.4 is 5.73 Å². The maximum Gasteiger partial charge on any atom is 0.248 e. The summed E-state index contributed by atoms with van der Waals surface area (Å²) >= 11 is 0. The molecule has 0 aromatic heterocycles. The average molecular weight is 292 g/mol. The number of aliphatic hydroxyl groups is 1. The Morgan fingerprint density at radius 3 is 2.27 bits per heavy atom. The molecule has 2 aromatic rings. The molecular formula is C17H12N2O3. The van der Waals surface area contributed by atoms with E-state index in [4.69, 9.17) is 5.73 Å². The Morgan fingerprint density at radius 1 is 1.05 bits per heavy atom. The number of ketones is 1. The minimum absolute atomic E-state index is 0.0712. The monoisotopic (exact) mass is 292 g/mol. The topological polar surface area (TPSA) is 92.8 Å². The Bertz CT molecular complexity index is 833. The van der Waals surface area contributed by atoms with Gasteiger partial charge in [0.15, 0.2) is 5.78 Å². The van der Waals surface area contributed by atoms with Gasteiger partial charge in [0.25, 0.3) is 0 Å². The second-order valence-corrected chi connectivity index (χ2v) is 4.81. The predicted octanol–water partition coefficient (Wildman–Crippen LogP) is 2.65. The fraction of sp³-hybridized carbons (Fsp3) is 0. The highest BCUT2D eigenvalue weighted by molar-refractivity contribution is 6.30. The van der Waals surface area contributed by atoms with E-state index in [1.54, 1.807) is 48.5 Å². The Kier molecular flexibility index (Phi) is 3.31. The molecule has 2 aromatic carbocycles. The number of hydrogen-bond acceptors (Lipinski definition) is 4. The van der Waals surface area contributed by atoms with E-state index in [9.17, 15) is 14.7 Å². The van der Waals surface area contributed by atoms with E-state index < -0.39 is 5.91 Å². The molecule has 0 unspecified atom stereocenters.